The van der Waals surface area contributed by atoms with Gasteiger partial charge in [-0.05, 0) is 27.2 Å². The van der Waals surface area contributed by atoms with Gasteiger partial charge in [-0.15, -0.1) is 0 Å². The number of carbonyl (C=O) groups is 1. The summed E-state index contributed by atoms with van der Waals surface area (Å²) in [5.41, 5.74) is 0. The Balaban J connectivity index is 3.40. The van der Waals surface area contributed by atoms with Crippen LogP contribution in [0, 0.1) is 0 Å². The van der Waals surface area contributed by atoms with Crippen LogP contribution in [0.4, 0.5) is 0 Å². The second-order valence-corrected chi connectivity index (χ2v) is 4.11. The highest BCUT2D eigenvalue weighted by Crippen LogP contribution is 1.91. The lowest BCUT2D eigenvalue weighted by Crippen LogP contribution is -2.35. The predicted molar refractivity (Wildman–Crippen MR) is 61.9 cm³/mol. The van der Waals surface area contributed by atoms with Crippen LogP contribution in [-0.2, 0) is 9.53 Å². The van der Waals surface area contributed by atoms with E-state index in [1.54, 1.807) is 7.11 Å². The van der Waals surface area contributed by atoms with Crippen molar-refractivity contribution >= 4 is 5.91 Å². The van der Waals surface area contributed by atoms with Gasteiger partial charge in [0.2, 0.25) is 5.91 Å². The van der Waals surface area contributed by atoms with Crippen LogP contribution in [0.25, 0.3) is 0 Å². The summed E-state index contributed by atoms with van der Waals surface area (Å²) in [5.74, 6) is 0.108. The van der Waals surface area contributed by atoms with E-state index in [4.69, 9.17) is 4.74 Å². The first-order valence-electron chi connectivity index (χ1n) is 5.58. The number of ether oxygens (including phenoxy) is 1. The minimum atomic E-state index is 0.108. The van der Waals surface area contributed by atoms with Gasteiger partial charge in [0, 0.05) is 38.8 Å². The molecule has 0 fully saturated rings. The smallest absolute Gasteiger partial charge is 0.221 e. The fourth-order valence-electron chi connectivity index (χ4n) is 1.22. The number of hydrogen-bond donors (Lipinski definition) is 2. The van der Waals surface area contributed by atoms with Gasteiger partial charge in [0.1, 0.15) is 0 Å². The summed E-state index contributed by atoms with van der Waals surface area (Å²) < 4.78 is 4.97. The number of methoxy groups -OCH3 is 1. The van der Waals surface area contributed by atoms with Crippen LogP contribution in [0.1, 0.15) is 33.6 Å². The van der Waals surface area contributed by atoms with E-state index in [0.717, 1.165) is 19.6 Å². The van der Waals surface area contributed by atoms with Crippen LogP contribution >= 0.6 is 0 Å². The number of hydrogen-bond acceptors (Lipinski definition) is 3. The van der Waals surface area contributed by atoms with E-state index in [9.17, 15) is 4.79 Å². The Bertz CT molecular complexity index is 172. The van der Waals surface area contributed by atoms with Gasteiger partial charge >= 0.3 is 0 Å². The van der Waals surface area contributed by atoms with Crippen molar-refractivity contribution in [2.45, 2.75) is 45.7 Å². The Morgan fingerprint density at radius 3 is 2.53 bits per heavy atom. The monoisotopic (exact) mass is 216 g/mol. The molecular formula is C11H24N2O2. The number of nitrogens with one attached hydrogen (secondary N) is 2. The molecule has 0 radical (unpaired) electrons. The molecule has 1 unspecified atom stereocenters. The Morgan fingerprint density at radius 1 is 1.33 bits per heavy atom. The van der Waals surface area contributed by atoms with E-state index in [0.29, 0.717) is 12.5 Å². The highest BCUT2D eigenvalue weighted by molar-refractivity contribution is 5.76. The molecule has 0 aliphatic heterocycles. The standard InChI is InChI=1S/C11H24N2O2/c1-9(2)13-11(14)5-7-12-10(3)6-8-15-4/h9-10,12H,5-8H2,1-4H3,(H,13,14). The second-order valence-electron chi connectivity index (χ2n) is 4.11. The lowest BCUT2D eigenvalue weighted by molar-refractivity contribution is -0.121. The van der Waals surface area contributed by atoms with E-state index in [-0.39, 0.29) is 11.9 Å². The average Bonchev–Trinajstić information content (AvgIpc) is 2.13. The van der Waals surface area contributed by atoms with Crippen LogP contribution in [-0.4, -0.2) is 38.3 Å². The van der Waals surface area contributed by atoms with Crippen molar-refractivity contribution in [3.63, 3.8) is 0 Å². The molecule has 0 saturated heterocycles. The van der Waals surface area contributed by atoms with Crippen LogP contribution < -0.4 is 10.6 Å². The Kier molecular flexibility index (Phi) is 8.33. The lowest BCUT2D eigenvalue weighted by atomic mass is 10.2. The van der Waals surface area contributed by atoms with E-state index < -0.39 is 0 Å². The van der Waals surface area contributed by atoms with Gasteiger partial charge in [-0.25, -0.2) is 0 Å². The normalized spacial score (nSPS) is 12.9. The first-order chi connectivity index (χ1) is 7.06. The van der Waals surface area contributed by atoms with Gasteiger partial charge in [0.05, 0.1) is 0 Å². The molecule has 0 aliphatic rings. The molecule has 4 heteroatoms. The molecule has 1 atom stereocenters. The molecule has 0 saturated carbocycles. The Morgan fingerprint density at radius 2 is 2.00 bits per heavy atom. The third-order valence-corrected chi connectivity index (χ3v) is 2.05. The van der Waals surface area contributed by atoms with E-state index >= 15 is 0 Å². The lowest BCUT2D eigenvalue weighted by Gasteiger charge is -2.13. The van der Waals surface area contributed by atoms with Crippen molar-refractivity contribution in [3.8, 4) is 0 Å². The minimum Gasteiger partial charge on any atom is -0.385 e. The molecule has 90 valence electrons. The summed E-state index contributed by atoms with van der Waals surface area (Å²) in [6.07, 6.45) is 1.51. The van der Waals surface area contributed by atoms with E-state index in [1.807, 2.05) is 13.8 Å². The van der Waals surface area contributed by atoms with Crippen LogP contribution in [0.2, 0.25) is 0 Å². The highest BCUT2D eigenvalue weighted by atomic mass is 16.5. The fraction of sp³-hybridized carbons (Fsp3) is 0.909. The van der Waals surface area contributed by atoms with Gasteiger partial charge < -0.3 is 15.4 Å². The summed E-state index contributed by atoms with van der Waals surface area (Å²) in [4.78, 5) is 11.3. The molecule has 0 aliphatic carbocycles. The van der Waals surface area contributed by atoms with Crippen molar-refractivity contribution in [1.82, 2.24) is 10.6 Å². The molecule has 1 amide bonds. The van der Waals surface area contributed by atoms with Crippen molar-refractivity contribution in [3.05, 3.63) is 0 Å². The molecule has 4 nitrogen and oxygen atoms in total. The van der Waals surface area contributed by atoms with Gasteiger partial charge in [0.15, 0.2) is 0 Å². The molecule has 2 N–H and O–H groups in total. The Labute approximate surface area is 92.8 Å². The maximum atomic E-state index is 11.3. The van der Waals surface area contributed by atoms with Gasteiger partial charge in [-0.2, -0.15) is 0 Å². The number of carbonyl (C=O) groups excluding carboxylic acids is 1. The maximum Gasteiger partial charge on any atom is 0.221 e. The fourth-order valence-corrected chi connectivity index (χ4v) is 1.22. The van der Waals surface area contributed by atoms with Crippen molar-refractivity contribution in [2.75, 3.05) is 20.3 Å². The van der Waals surface area contributed by atoms with Gasteiger partial charge in [-0.3, -0.25) is 4.79 Å². The summed E-state index contributed by atoms with van der Waals surface area (Å²) in [6, 6.07) is 0.625. The first-order valence-corrected chi connectivity index (χ1v) is 5.58. The third kappa shape index (κ3) is 9.69. The SMILES string of the molecule is COCCC(C)NCCC(=O)NC(C)C. The van der Waals surface area contributed by atoms with Crippen molar-refractivity contribution in [2.24, 2.45) is 0 Å². The molecule has 0 aromatic heterocycles. The average molecular weight is 216 g/mol. The van der Waals surface area contributed by atoms with Gasteiger partial charge in [-0.1, -0.05) is 0 Å². The maximum absolute atomic E-state index is 11.3. The number of rotatable bonds is 8. The third-order valence-electron chi connectivity index (χ3n) is 2.05. The zero-order valence-electron chi connectivity index (χ0n) is 10.3. The topological polar surface area (TPSA) is 50.4 Å². The number of amides is 1. The molecule has 15 heavy (non-hydrogen) atoms. The predicted octanol–water partition coefficient (Wildman–Crippen LogP) is 0.916. The molecule has 0 spiro atoms. The quantitative estimate of drug-likeness (QED) is 0.634. The van der Waals surface area contributed by atoms with Crippen molar-refractivity contribution in [1.29, 1.82) is 0 Å². The van der Waals surface area contributed by atoms with Gasteiger partial charge in [0.25, 0.3) is 0 Å². The highest BCUT2D eigenvalue weighted by Gasteiger charge is 2.04. The zero-order chi connectivity index (χ0) is 11.7. The largest absolute Gasteiger partial charge is 0.385 e. The van der Waals surface area contributed by atoms with E-state index in [2.05, 4.69) is 17.6 Å². The molecule has 0 heterocycles. The molecule has 0 aromatic rings. The van der Waals surface area contributed by atoms with Crippen LogP contribution in [0.5, 0.6) is 0 Å². The summed E-state index contributed by atoms with van der Waals surface area (Å²) in [5, 5.41) is 6.14. The summed E-state index contributed by atoms with van der Waals surface area (Å²) in [6.45, 7) is 7.51. The molecule has 0 bridgehead atoms. The van der Waals surface area contributed by atoms with Crippen LogP contribution in [0.3, 0.4) is 0 Å². The molecule has 0 rings (SSSR count). The first kappa shape index (κ1) is 14.4. The van der Waals surface area contributed by atoms with E-state index in [1.165, 1.54) is 0 Å². The zero-order valence-corrected chi connectivity index (χ0v) is 10.3. The van der Waals surface area contributed by atoms with Crippen molar-refractivity contribution < 1.29 is 9.53 Å². The molecule has 0 aromatic carbocycles. The summed E-state index contributed by atoms with van der Waals surface area (Å²) in [7, 11) is 1.70. The summed E-state index contributed by atoms with van der Waals surface area (Å²) >= 11 is 0. The molecular weight excluding hydrogens is 192 g/mol. The van der Waals surface area contributed by atoms with Crippen LogP contribution in [0.15, 0.2) is 0 Å². The Hall–Kier alpha value is -0.610. The second kappa shape index (κ2) is 8.68. The minimum absolute atomic E-state index is 0.108.